The second kappa shape index (κ2) is 8.22. The van der Waals surface area contributed by atoms with Gasteiger partial charge in [-0.1, -0.05) is 31.2 Å². The number of benzene rings is 1. The second-order valence-electron chi connectivity index (χ2n) is 8.62. The Hall–Kier alpha value is -2.54. The van der Waals surface area contributed by atoms with Gasteiger partial charge in [0.05, 0.1) is 29.0 Å². The SMILES string of the molecule is CN[C@@H](Cc1ccc(-n2cc(C(C)(C)CC(C)(C)C(=O)O)nn2)cc1)C(C)=O. The first-order valence-corrected chi connectivity index (χ1v) is 9.39. The van der Waals surface area contributed by atoms with Crippen molar-refractivity contribution in [3.05, 3.63) is 41.7 Å². The Morgan fingerprint density at radius 1 is 1.18 bits per heavy atom. The number of aliphatic carboxylic acids is 1. The van der Waals surface area contributed by atoms with Crippen LogP contribution in [0.2, 0.25) is 0 Å². The summed E-state index contributed by atoms with van der Waals surface area (Å²) < 4.78 is 1.69. The Balaban J connectivity index is 2.17. The molecule has 0 saturated carbocycles. The lowest BCUT2D eigenvalue weighted by Gasteiger charge is -2.30. The zero-order valence-electron chi connectivity index (χ0n) is 17.5. The van der Waals surface area contributed by atoms with E-state index in [1.807, 2.05) is 44.3 Å². The fourth-order valence-electron chi connectivity index (χ4n) is 3.44. The molecule has 0 bridgehead atoms. The van der Waals surface area contributed by atoms with E-state index in [2.05, 4.69) is 15.6 Å². The first-order valence-electron chi connectivity index (χ1n) is 9.39. The smallest absolute Gasteiger partial charge is 0.309 e. The van der Waals surface area contributed by atoms with Crippen molar-refractivity contribution in [1.29, 1.82) is 0 Å². The van der Waals surface area contributed by atoms with E-state index in [0.717, 1.165) is 16.9 Å². The van der Waals surface area contributed by atoms with Crippen LogP contribution in [0.5, 0.6) is 0 Å². The molecule has 2 rings (SSSR count). The Morgan fingerprint density at radius 2 is 1.79 bits per heavy atom. The fourth-order valence-corrected chi connectivity index (χ4v) is 3.44. The Morgan fingerprint density at radius 3 is 2.29 bits per heavy atom. The predicted octanol–water partition coefficient (Wildman–Crippen LogP) is 2.77. The number of hydrogen-bond donors (Lipinski definition) is 2. The molecule has 0 amide bonds. The number of nitrogens with zero attached hydrogens (tertiary/aromatic N) is 3. The molecule has 1 heterocycles. The average molecular weight is 386 g/mol. The molecule has 2 N–H and O–H groups in total. The van der Waals surface area contributed by atoms with Gasteiger partial charge in [0.2, 0.25) is 0 Å². The molecule has 7 heteroatoms. The summed E-state index contributed by atoms with van der Waals surface area (Å²) in [5.41, 5.74) is 1.39. The third kappa shape index (κ3) is 5.04. The molecule has 1 aromatic heterocycles. The lowest BCUT2D eigenvalue weighted by atomic mass is 9.73. The topological polar surface area (TPSA) is 97.1 Å². The molecule has 152 valence electrons. The Kier molecular flexibility index (Phi) is 6.39. The second-order valence-corrected chi connectivity index (χ2v) is 8.62. The monoisotopic (exact) mass is 386 g/mol. The highest BCUT2D eigenvalue weighted by Gasteiger charge is 2.37. The molecule has 1 atom stereocenters. The molecule has 0 aliphatic carbocycles. The van der Waals surface area contributed by atoms with Crippen LogP contribution in [0.25, 0.3) is 5.69 Å². The zero-order chi connectivity index (χ0) is 21.1. The summed E-state index contributed by atoms with van der Waals surface area (Å²) in [5, 5.41) is 20.9. The number of carboxylic acids is 1. The van der Waals surface area contributed by atoms with Crippen molar-refractivity contribution >= 4 is 11.8 Å². The molecule has 0 spiro atoms. The summed E-state index contributed by atoms with van der Waals surface area (Å²) in [6.07, 6.45) is 2.92. The molecule has 0 unspecified atom stereocenters. The Labute approximate surface area is 166 Å². The van der Waals surface area contributed by atoms with Gasteiger partial charge in [-0.3, -0.25) is 9.59 Å². The maximum Gasteiger partial charge on any atom is 0.309 e. The van der Waals surface area contributed by atoms with E-state index < -0.39 is 16.8 Å². The van der Waals surface area contributed by atoms with Crippen LogP contribution in [0.3, 0.4) is 0 Å². The van der Waals surface area contributed by atoms with Gasteiger partial charge in [0.1, 0.15) is 5.78 Å². The highest BCUT2D eigenvalue weighted by Crippen LogP contribution is 2.35. The van der Waals surface area contributed by atoms with Crippen LogP contribution in [0.15, 0.2) is 30.5 Å². The molecular formula is C21H30N4O3. The van der Waals surface area contributed by atoms with Crippen molar-refractivity contribution in [2.24, 2.45) is 5.41 Å². The summed E-state index contributed by atoms with van der Waals surface area (Å²) in [7, 11) is 1.78. The van der Waals surface area contributed by atoms with E-state index in [1.54, 1.807) is 32.5 Å². The number of hydrogen-bond acceptors (Lipinski definition) is 5. The number of ketones is 1. The molecule has 7 nitrogen and oxygen atoms in total. The third-order valence-corrected chi connectivity index (χ3v) is 5.13. The molecular weight excluding hydrogens is 356 g/mol. The number of carboxylic acid groups (broad SMARTS) is 1. The van der Waals surface area contributed by atoms with E-state index in [0.29, 0.717) is 12.8 Å². The summed E-state index contributed by atoms with van der Waals surface area (Å²) in [6.45, 7) is 8.99. The molecule has 0 fully saturated rings. The molecule has 0 aliphatic heterocycles. The number of nitrogens with one attached hydrogen (secondary N) is 1. The number of carbonyl (C=O) groups excluding carboxylic acids is 1. The largest absolute Gasteiger partial charge is 0.481 e. The molecule has 28 heavy (non-hydrogen) atoms. The van der Waals surface area contributed by atoms with Gasteiger partial charge in [-0.2, -0.15) is 0 Å². The van der Waals surface area contributed by atoms with Gasteiger partial charge in [-0.05, 0) is 58.4 Å². The van der Waals surface area contributed by atoms with Crippen LogP contribution in [-0.2, 0) is 21.4 Å². The van der Waals surface area contributed by atoms with Crippen molar-refractivity contribution in [2.45, 2.75) is 58.9 Å². The van der Waals surface area contributed by atoms with E-state index in [4.69, 9.17) is 0 Å². The minimum atomic E-state index is -0.852. The lowest BCUT2D eigenvalue weighted by Crippen LogP contribution is -2.34. The van der Waals surface area contributed by atoms with Gasteiger partial charge in [0.25, 0.3) is 0 Å². The number of aromatic nitrogens is 3. The van der Waals surface area contributed by atoms with E-state index in [-0.39, 0.29) is 11.8 Å². The molecule has 0 aliphatic rings. The highest BCUT2D eigenvalue weighted by atomic mass is 16.4. The standard InChI is InChI=1S/C21H30N4O3/c1-14(26)17(22-6)11-15-7-9-16(10-8-15)25-12-18(23-24-25)20(2,3)13-21(4,5)19(27)28/h7-10,12,17,22H,11,13H2,1-6H3,(H,27,28)/t17-/m0/s1. The van der Waals surface area contributed by atoms with Crippen LogP contribution in [0, 0.1) is 5.41 Å². The van der Waals surface area contributed by atoms with Crippen molar-refractivity contribution in [1.82, 2.24) is 20.3 Å². The normalized spacial score (nSPS) is 13.4. The van der Waals surface area contributed by atoms with Gasteiger partial charge < -0.3 is 10.4 Å². The van der Waals surface area contributed by atoms with Crippen molar-refractivity contribution in [3.8, 4) is 5.69 Å². The van der Waals surface area contributed by atoms with Crippen LogP contribution in [0.4, 0.5) is 0 Å². The van der Waals surface area contributed by atoms with Crippen molar-refractivity contribution in [3.63, 3.8) is 0 Å². The van der Waals surface area contributed by atoms with Crippen LogP contribution >= 0.6 is 0 Å². The highest BCUT2D eigenvalue weighted by molar-refractivity contribution is 5.81. The third-order valence-electron chi connectivity index (χ3n) is 5.13. The number of Topliss-reactive ketones (excluding diaryl/α,β-unsaturated/α-hetero) is 1. The summed E-state index contributed by atoms with van der Waals surface area (Å²) >= 11 is 0. The van der Waals surface area contributed by atoms with Crippen molar-refractivity contribution in [2.75, 3.05) is 7.05 Å². The minimum absolute atomic E-state index is 0.110. The summed E-state index contributed by atoms with van der Waals surface area (Å²) in [6, 6.07) is 7.64. The maximum absolute atomic E-state index is 11.6. The molecule has 1 aromatic carbocycles. The van der Waals surface area contributed by atoms with Gasteiger partial charge in [0, 0.05) is 5.41 Å². The number of rotatable bonds is 9. The molecule has 0 saturated heterocycles. The van der Waals surface area contributed by atoms with Crippen LogP contribution in [0.1, 0.15) is 52.3 Å². The first-order chi connectivity index (χ1) is 13.0. The van der Waals surface area contributed by atoms with Crippen LogP contribution in [-0.4, -0.2) is 44.9 Å². The predicted molar refractivity (Wildman–Crippen MR) is 108 cm³/mol. The van der Waals surface area contributed by atoms with Crippen molar-refractivity contribution < 1.29 is 14.7 Å². The van der Waals surface area contributed by atoms with Gasteiger partial charge in [-0.15, -0.1) is 5.10 Å². The van der Waals surface area contributed by atoms with E-state index >= 15 is 0 Å². The number of carbonyl (C=O) groups is 2. The molecule has 0 radical (unpaired) electrons. The average Bonchev–Trinajstić information content (AvgIpc) is 3.10. The summed E-state index contributed by atoms with van der Waals surface area (Å²) in [5.74, 6) is -0.715. The maximum atomic E-state index is 11.6. The summed E-state index contributed by atoms with van der Waals surface area (Å²) in [4.78, 5) is 23.0. The minimum Gasteiger partial charge on any atom is -0.481 e. The van der Waals surface area contributed by atoms with Gasteiger partial charge in [0.15, 0.2) is 0 Å². The van der Waals surface area contributed by atoms with Gasteiger partial charge in [-0.25, -0.2) is 4.68 Å². The van der Waals surface area contributed by atoms with Crippen LogP contribution < -0.4 is 5.32 Å². The van der Waals surface area contributed by atoms with E-state index in [1.165, 1.54) is 0 Å². The first kappa shape index (κ1) is 21.8. The lowest BCUT2D eigenvalue weighted by molar-refractivity contribution is -0.148. The quantitative estimate of drug-likeness (QED) is 0.688. The van der Waals surface area contributed by atoms with E-state index in [9.17, 15) is 14.7 Å². The number of likely N-dealkylation sites (N-methyl/N-ethyl adjacent to an activating group) is 1. The molecule has 2 aromatic rings. The zero-order valence-corrected chi connectivity index (χ0v) is 17.5. The Bertz CT molecular complexity index is 838. The fraction of sp³-hybridized carbons (Fsp3) is 0.524. The van der Waals surface area contributed by atoms with Gasteiger partial charge >= 0.3 is 5.97 Å².